The van der Waals surface area contributed by atoms with Crippen molar-refractivity contribution in [2.45, 2.75) is 19.0 Å². The van der Waals surface area contributed by atoms with Crippen LogP contribution in [-0.2, 0) is 9.59 Å². The molecule has 0 aromatic heterocycles. The quantitative estimate of drug-likeness (QED) is 0.852. The van der Waals surface area contributed by atoms with Gasteiger partial charge in [-0.15, -0.1) is 0 Å². The van der Waals surface area contributed by atoms with Gasteiger partial charge in [0, 0.05) is 18.8 Å². The van der Waals surface area contributed by atoms with Crippen LogP contribution in [0, 0.1) is 11.7 Å². The van der Waals surface area contributed by atoms with Crippen molar-refractivity contribution in [3.05, 3.63) is 30.1 Å². The maximum absolute atomic E-state index is 12.8. The fraction of sp³-hybridized carbons (Fsp3) is 0.429. The summed E-state index contributed by atoms with van der Waals surface area (Å²) in [7, 11) is 0. The predicted octanol–water partition coefficient (Wildman–Crippen LogP) is 2.57. The van der Waals surface area contributed by atoms with Crippen LogP contribution in [0.25, 0.3) is 0 Å². The van der Waals surface area contributed by atoms with Gasteiger partial charge in [0.25, 0.3) is 0 Å². The molecule has 0 spiro atoms. The molecule has 22 heavy (non-hydrogen) atoms. The zero-order valence-corrected chi connectivity index (χ0v) is 11.5. The maximum Gasteiger partial charge on any atom is 0.471 e. The minimum Gasteiger partial charge on any atom is -0.334 e. The van der Waals surface area contributed by atoms with E-state index in [0.717, 1.165) is 12.1 Å². The van der Waals surface area contributed by atoms with E-state index in [2.05, 4.69) is 5.32 Å². The van der Waals surface area contributed by atoms with Crippen LogP contribution < -0.4 is 5.32 Å². The molecule has 1 N–H and O–H groups in total. The highest BCUT2D eigenvalue weighted by Crippen LogP contribution is 2.24. The molecule has 1 aliphatic heterocycles. The van der Waals surface area contributed by atoms with E-state index in [-0.39, 0.29) is 13.1 Å². The van der Waals surface area contributed by atoms with Crippen molar-refractivity contribution in [3.63, 3.8) is 0 Å². The fourth-order valence-electron chi connectivity index (χ4n) is 2.33. The van der Waals surface area contributed by atoms with Crippen molar-refractivity contribution in [3.8, 4) is 0 Å². The van der Waals surface area contributed by atoms with Crippen molar-refractivity contribution in [2.75, 3.05) is 18.4 Å². The van der Waals surface area contributed by atoms with Gasteiger partial charge in [-0.2, -0.15) is 13.2 Å². The molecule has 1 unspecified atom stereocenters. The summed E-state index contributed by atoms with van der Waals surface area (Å²) < 4.78 is 50.0. The van der Waals surface area contributed by atoms with Crippen LogP contribution in [0.4, 0.5) is 23.2 Å². The molecule has 1 aromatic carbocycles. The zero-order chi connectivity index (χ0) is 16.3. The summed E-state index contributed by atoms with van der Waals surface area (Å²) in [5, 5.41) is 2.51. The second-order valence-electron chi connectivity index (χ2n) is 5.08. The van der Waals surface area contributed by atoms with Crippen molar-refractivity contribution >= 4 is 17.5 Å². The summed E-state index contributed by atoms with van der Waals surface area (Å²) in [6.07, 6.45) is -4.21. The third-order valence-electron chi connectivity index (χ3n) is 3.43. The Balaban J connectivity index is 1.98. The van der Waals surface area contributed by atoms with E-state index in [4.69, 9.17) is 0 Å². The van der Waals surface area contributed by atoms with E-state index in [1.165, 1.54) is 12.1 Å². The molecule has 0 saturated carbocycles. The molecule has 1 fully saturated rings. The summed E-state index contributed by atoms with van der Waals surface area (Å²) in [5.41, 5.74) is 0.352. The average molecular weight is 318 g/mol. The number of piperidine rings is 1. The molecule has 0 aliphatic carbocycles. The Bertz CT molecular complexity index is 557. The van der Waals surface area contributed by atoms with Gasteiger partial charge in [-0.1, -0.05) is 0 Å². The molecular formula is C14H14F4N2O2. The van der Waals surface area contributed by atoms with E-state index >= 15 is 0 Å². The van der Waals surface area contributed by atoms with Crippen molar-refractivity contribution in [1.82, 2.24) is 4.90 Å². The van der Waals surface area contributed by atoms with Gasteiger partial charge in [-0.3, -0.25) is 9.59 Å². The van der Waals surface area contributed by atoms with Crippen LogP contribution in [0.2, 0.25) is 0 Å². The standard InChI is InChI=1S/C14H14F4N2O2/c15-10-3-5-11(6-4-10)19-12(21)9-2-1-7-20(8-9)13(22)14(16,17)18/h3-6,9H,1-2,7-8H2,(H,19,21). The molecule has 4 nitrogen and oxygen atoms in total. The van der Waals surface area contributed by atoms with E-state index < -0.39 is 29.7 Å². The summed E-state index contributed by atoms with van der Waals surface area (Å²) in [6.45, 7) is -0.288. The first-order valence-electron chi connectivity index (χ1n) is 6.70. The highest BCUT2D eigenvalue weighted by molar-refractivity contribution is 5.93. The lowest BCUT2D eigenvalue weighted by molar-refractivity contribution is -0.187. The SMILES string of the molecule is O=C(Nc1ccc(F)cc1)C1CCCN(C(=O)C(F)(F)F)C1. The molecule has 1 aromatic rings. The number of alkyl halides is 3. The molecule has 1 heterocycles. The van der Waals surface area contributed by atoms with Gasteiger partial charge in [-0.05, 0) is 37.1 Å². The highest BCUT2D eigenvalue weighted by Gasteiger charge is 2.44. The number of benzene rings is 1. The van der Waals surface area contributed by atoms with Gasteiger partial charge >= 0.3 is 12.1 Å². The number of carbonyl (C=O) groups is 2. The first-order chi connectivity index (χ1) is 10.3. The summed E-state index contributed by atoms with van der Waals surface area (Å²) in [4.78, 5) is 23.9. The van der Waals surface area contributed by atoms with Crippen LogP contribution in [-0.4, -0.2) is 36.0 Å². The lowest BCUT2D eigenvalue weighted by atomic mass is 9.97. The largest absolute Gasteiger partial charge is 0.471 e. The van der Waals surface area contributed by atoms with E-state index in [1.807, 2.05) is 0 Å². The Morgan fingerprint density at radius 3 is 2.41 bits per heavy atom. The minimum atomic E-state index is -4.94. The molecule has 0 bridgehead atoms. The summed E-state index contributed by atoms with van der Waals surface area (Å²) >= 11 is 0. The van der Waals surface area contributed by atoms with Gasteiger partial charge in [0.05, 0.1) is 5.92 Å². The highest BCUT2D eigenvalue weighted by atomic mass is 19.4. The zero-order valence-electron chi connectivity index (χ0n) is 11.5. The number of hydrogen-bond donors (Lipinski definition) is 1. The number of anilines is 1. The van der Waals surface area contributed by atoms with Gasteiger partial charge < -0.3 is 10.2 Å². The monoisotopic (exact) mass is 318 g/mol. The van der Waals surface area contributed by atoms with E-state index in [0.29, 0.717) is 23.4 Å². The second kappa shape index (κ2) is 6.33. The van der Waals surface area contributed by atoms with Crippen molar-refractivity contribution < 1.29 is 27.2 Å². The van der Waals surface area contributed by atoms with E-state index in [1.54, 1.807) is 0 Å². The van der Waals surface area contributed by atoms with Crippen LogP contribution >= 0.6 is 0 Å². The number of halogens is 4. The lowest BCUT2D eigenvalue weighted by Crippen LogP contribution is -2.48. The number of hydrogen-bond acceptors (Lipinski definition) is 2. The Hall–Kier alpha value is -2.12. The van der Waals surface area contributed by atoms with Gasteiger partial charge in [-0.25, -0.2) is 4.39 Å². The molecule has 1 atom stereocenters. The molecule has 120 valence electrons. The second-order valence-corrected chi connectivity index (χ2v) is 5.08. The Morgan fingerprint density at radius 1 is 1.18 bits per heavy atom. The summed E-state index contributed by atoms with van der Waals surface area (Å²) in [6, 6.07) is 5.04. The average Bonchev–Trinajstić information content (AvgIpc) is 2.48. The van der Waals surface area contributed by atoms with Gasteiger partial charge in [0.1, 0.15) is 5.82 Å². The Morgan fingerprint density at radius 2 is 1.82 bits per heavy atom. The molecular weight excluding hydrogens is 304 g/mol. The molecule has 2 amide bonds. The molecule has 0 radical (unpaired) electrons. The molecule has 1 saturated heterocycles. The van der Waals surface area contributed by atoms with Gasteiger partial charge in [0.15, 0.2) is 0 Å². The Kier molecular flexibility index (Phi) is 4.68. The third kappa shape index (κ3) is 3.96. The first kappa shape index (κ1) is 16.3. The number of nitrogens with zero attached hydrogens (tertiary/aromatic N) is 1. The number of likely N-dealkylation sites (tertiary alicyclic amines) is 1. The molecule has 1 aliphatic rings. The topological polar surface area (TPSA) is 49.4 Å². The first-order valence-corrected chi connectivity index (χ1v) is 6.70. The predicted molar refractivity (Wildman–Crippen MR) is 70.4 cm³/mol. The summed E-state index contributed by atoms with van der Waals surface area (Å²) in [5.74, 6) is -3.58. The number of nitrogens with one attached hydrogen (secondary N) is 1. The van der Waals surface area contributed by atoms with E-state index in [9.17, 15) is 27.2 Å². The van der Waals surface area contributed by atoms with Gasteiger partial charge in [0.2, 0.25) is 5.91 Å². The minimum absolute atomic E-state index is 0.0152. The van der Waals surface area contributed by atoms with Crippen molar-refractivity contribution in [1.29, 1.82) is 0 Å². The Labute approximate surface area is 124 Å². The van der Waals surface area contributed by atoms with Crippen LogP contribution in [0.15, 0.2) is 24.3 Å². The molecule has 8 heteroatoms. The lowest BCUT2D eigenvalue weighted by Gasteiger charge is -2.32. The van der Waals surface area contributed by atoms with Crippen molar-refractivity contribution in [2.24, 2.45) is 5.92 Å². The fourth-order valence-corrected chi connectivity index (χ4v) is 2.33. The normalized spacial score (nSPS) is 18.9. The number of carbonyl (C=O) groups excluding carboxylic acids is 2. The maximum atomic E-state index is 12.8. The number of amides is 2. The molecule has 2 rings (SSSR count). The number of rotatable bonds is 2. The third-order valence-corrected chi connectivity index (χ3v) is 3.43. The van der Waals surface area contributed by atoms with Crippen LogP contribution in [0.1, 0.15) is 12.8 Å². The smallest absolute Gasteiger partial charge is 0.334 e. The van der Waals surface area contributed by atoms with Crippen LogP contribution in [0.3, 0.4) is 0 Å². The van der Waals surface area contributed by atoms with Crippen LogP contribution in [0.5, 0.6) is 0 Å².